The molecule has 0 bridgehead atoms. The molecular weight excluding hydrogens is 228 g/mol. The second-order valence-electron chi connectivity index (χ2n) is 3.36. The number of ketones is 1. The summed E-state index contributed by atoms with van der Waals surface area (Å²) in [6.45, 7) is 0. The van der Waals surface area contributed by atoms with Crippen LogP contribution in [0.1, 0.15) is 10.4 Å². The quantitative estimate of drug-likeness (QED) is 0.345. The molecule has 0 aliphatic carbocycles. The lowest BCUT2D eigenvalue weighted by atomic mass is 10.1. The molecule has 0 N–H and O–H groups in total. The monoisotopic (exact) mass is 242 g/mol. The van der Waals surface area contributed by atoms with Crippen LogP contribution in [0.4, 0.5) is 0 Å². The topological polar surface area (TPSA) is 43.4 Å². The molecule has 3 heteroatoms. The summed E-state index contributed by atoms with van der Waals surface area (Å²) < 4.78 is 4.42. The van der Waals surface area contributed by atoms with Crippen molar-refractivity contribution in [3.05, 3.63) is 72.4 Å². The molecule has 0 spiro atoms. The smallest absolute Gasteiger partial charge is 0.330 e. The number of methoxy groups -OCH3 is 1. The summed E-state index contributed by atoms with van der Waals surface area (Å²) in [7, 11) is 1.31. The molecule has 0 aliphatic heterocycles. The van der Waals surface area contributed by atoms with E-state index in [4.69, 9.17) is 0 Å². The largest absolute Gasteiger partial charge is 0.466 e. The lowest BCUT2D eigenvalue weighted by molar-refractivity contribution is -0.134. The number of hydrogen-bond donors (Lipinski definition) is 0. The molecule has 0 amide bonds. The molecular formula is C15H14O3. The van der Waals surface area contributed by atoms with Crippen LogP contribution in [0.25, 0.3) is 0 Å². The van der Waals surface area contributed by atoms with Crippen molar-refractivity contribution in [2.45, 2.75) is 0 Å². The van der Waals surface area contributed by atoms with E-state index in [2.05, 4.69) is 4.74 Å². The Morgan fingerprint density at radius 1 is 0.944 bits per heavy atom. The van der Waals surface area contributed by atoms with Crippen molar-refractivity contribution in [2.75, 3.05) is 7.11 Å². The molecule has 0 saturated carbocycles. The SMILES string of the molecule is COC(=O)/C=C/C=C/C=C/C(=O)c1ccccc1. The third kappa shape index (κ3) is 5.07. The van der Waals surface area contributed by atoms with Crippen LogP contribution < -0.4 is 0 Å². The Bertz CT molecular complexity index is 482. The molecule has 0 radical (unpaired) electrons. The normalized spacial score (nSPS) is 11.4. The summed E-state index contributed by atoms with van der Waals surface area (Å²) in [6.07, 6.45) is 9.24. The summed E-state index contributed by atoms with van der Waals surface area (Å²) in [5.74, 6) is -0.471. The summed E-state index contributed by atoms with van der Waals surface area (Å²) >= 11 is 0. The number of rotatable bonds is 5. The minimum absolute atomic E-state index is 0.0582. The van der Waals surface area contributed by atoms with E-state index in [-0.39, 0.29) is 5.78 Å². The Morgan fingerprint density at radius 2 is 1.56 bits per heavy atom. The van der Waals surface area contributed by atoms with Gasteiger partial charge in [-0.2, -0.15) is 0 Å². The highest BCUT2D eigenvalue weighted by Crippen LogP contribution is 2.00. The fraction of sp³-hybridized carbons (Fsp3) is 0.0667. The predicted octanol–water partition coefficient (Wildman–Crippen LogP) is 2.71. The van der Waals surface area contributed by atoms with Gasteiger partial charge in [-0.05, 0) is 6.08 Å². The van der Waals surface area contributed by atoms with Crippen molar-refractivity contribution < 1.29 is 14.3 Å². The summed E-state index contributed by atoms with van der Waals surface area (Å²) in [6, 6.07) is 9.01. The van der Waals surface area contributed by atoms with E-state index in [1.54, 1.807) is 36.4 Å². The second-order valence-corrected chi connectivity index (χ2v) is 3.36. The Balaban J connectivity index is 2.46. The second kappa shape index (κ2) is 7.79. The van der Waals surface area contributed by atoms with E-state index < -0.39 is 5.97 Å². The molecule has 1 aromatic rings. The predicted molar refractivity (Wildman–Crippen MR) is 70.2 cm³/mol. The zero-order chi connectivity index (χ0) is 13.2. The molecule has 0 atom stereocenters. The van der Waals surface area contributed by atoms with Gasteiger partial charge < -0.3 is 4.74 Å². The van der Waals surface area contributed by atoms with Gasteiger partial charge >= 0.3 is 5.97 Å². The van der Waals surface area contributed by atoms with Gasteiger partial charge in [0.15, 0.2) is 5.78 Å². The zero-order valence-electron chi connectivity index (χ0n) is 10.1. The van der Waals surface area contributed by atoms with Crippen LogP contribution in [0.2, 0.25) is 0 Å². The fourth-order valence-electron chi connectivity index (χ4n) is 1.17. The van der Waals surface area contributed by atoms with Crippen molar-refractivity contribution in [1.29, 1.82) is 0 Å². The molecule has 0 aliphatic rings. The number of esters is 1. The Morgan fingerprint density at radius 3 is 2.17 bits per heavy atom. The summed E-state index contributed by atoms with van der Waals surface area (Å²) in [5.41, 5.74) is 0.646. The highest BCUT2D eigenvalue weighted by molar-refractivity contribution is 6.04. The molecule has 0 aromatic heterocycles. The van der Waals surface area contributed by atoms with Crippen molar-refractivity contribution >= 4 is 11.8 Å². The van der Waals surface area contributed by atoms with Crippen LogP contribution in [0, 0.1) is 0 Å². The Labute approximate surface area is 106 Å². The molecule has 0 fully saturated rings. The van der Waals surface area contributed by atoms with Crippen LogP contribution in [-0.2, 0) is 9.53 Å². The maximum Gasteiger partial charge on any atom is 0.330 e. The average molecular weight is 242 g/mol. The lowest BCUT2D eigenvalue weighted by Crippen LogP contribution is -1.92. The van der Waals surface area contributed by atoms with Gasteiger partial charge in [-0.1, -0.05) is 54.6 Å². The first-order valence-electron chi connectivity index (χ1n) is 5.43. The van der Waals surface area contributed by atoms with Gasteiger partial charge in [0.1, 0.15) is 0 Å². The first kappa shape index (κ1) is 13.6. The Kier molecular flexibility index (Phi) is 5.90. The molecule has 1 rings (SSSR count). The van der Waals surface area contributed by atoms with Crippen molar-refractivity contribution in [2.24, 2.45) is 0 Å². The zero-order valence-corrected chi connectivity index (χ0v) is 10.1. The highest BCUT2D eigenvalue weighted by atomic mass is 16.5. The maximum absolute atomic E-state index is 11.6. The number of carbonyl (C=O) groups excluding carboxylic acids is 2. The van der Waals surface area contributed by atoms with Gasteiger partial charge in [0.25, 0.3) is 0 Å². The van der Waals surface area contributed by atoms with Crippen LogP contribution >= 0.6 is 0 Å². The van der Waals surface area contributed by atoms with Crippen LogP contribution in [0.3, 0.4) is 0 Å². The molecule has 92 valence electrons. The molecule has 0 heterocycles. The van der Waals surface area contributed by atoms with Crippen LogP contribution in [-0.4, -0.2) is 18.9 Å². The van der Waals surface area contributed by atoms with E-state index in [0.717, 1.165) is 0 Å². The average Bonchev–Trinajstić information content (AvgIpc) is 2.43. The molecule has 18 heavy (non-hydrogen) atoms. The van der Waals surface area contributed by atoms with Gasteiger partial charge in [-0.3, -0.25) is 4.79 Å². The van der Waals surface area contributed by atoms with E-state index in [1.807, 2.05) is 18.2 Å². The van der Waals surface area contributed by atoms with Crippen LogP contribution in [0.15, 0.2) is 66.8 Å². The van der Waals surface area contributed by atoms with Gasteiger partial charge in [0.2, 0.25) is 0 Å². The third-order valence-electron chi connectivity index (χ3n) is 2.07. The molecule has 0 unspecified atom stereocenters. The number of carbonyl (C=O) groups is 2. The maximum atomic E-state index is 11.6. The first-order chi connectivity index (χ1) is 8.74. The third-order valence-corrected chi connectivity index (χ3v) is 2.07. The minimum Gasteiger partial charge on any atom is -0.466 e. The van der Waals surface area contributed by atoms with E-state index >= 15 is 0 Å². The summed E-state index contributed by atoms with van der Waals surface area (Å²) in [5, 5.41) is 0. The number of allylic oxidation sites excluding steroid dienone is 5. The van der Waals surface area contributed by atoms with Gasteiger partial charge in [-0.25, -0.2) is 4.79 Å². The van der Waals surface area contributed by atoms with Gasteiger partial charge in [0, 0.05) is 11.6 Å². The number of ether oxygens (including phenoxy) is 1. The lowest BCUT2D eigenvalue weighted by Gasteiger charge is -1.92. The van der Waals surface area contributed by atoms with E-state index in [1.165, 1.54) is 19.3 Å². The van der Waals surface area contributed by atoms with Crippen molar-refractivity contribution in [1.82, 2.24) is 0 Å². The number of hydrogen-bond acceptors (Lipinski definition) is 3. The fourth-order valence-corrected chi connectivity index (χ4v) is 1.17. The van der Waals surface area contributed by atoms with Crippen molar-refractivity contribution in [3.8, 4) is 0 Å². The minimum atomic E-state index is -0.413. The molecule has 1 aromatic carbocycles. The highest BCUT2D eigenvalue weighted by Gasteiger charge is 1.97. The molecule has 0 saturated heterocycles. The van der Waals surface area contributed by atoms with Gasteiger partial charge in [-0.15, -0.1) is 0 Å². The molecule has 3 nitrogen and oxygen atoms in total. The van der Waals surface area contributed by atoms with E-state index in [9.17, 15) is 9.59 Å². The first-order valence-corrected chi connectivity index (χ1v) is 5.43. The standard InChI is InChI=1S/C15H14O3/c1-18-15(17)12-8-3-2-7-11-14(16)13-9-5-4-6-10-13/h2-12H,1H3/b3-2+,11-7+,12-8+. The summed E-state index contributed by atoms with van der Waals surface area (Å²) in [4.78, 5) is 22.3. The van der Waals surface area contributed by atoms with Crippen LogP contribution in [0.5, 0.6) is 0 Å². The number of benzene rings is 1. The van der Waals surface area contributed by atoms with E-state index in [0.29, 0.717) is 5.56 Å². The van der Waals surface area contributed by atoms with Gasteiger partial charge in [0.05, 0.1) is 7.11 Å². The Hall–Kier alpha value is -2.42. The van der Waals surface area contributed by atoms with Crippen molar-refractivity contribution in [3.63, 3.8) is 0 Å².